The van der Waals surface area contributed by atoms with Crippen LogP contribution >= 0.6 is 27.5 Å². The molecule has 0 radical (unpaired) electrons. The zero-order valence-electron chi connectivity index (χ0n) is 10.9. The number of aliphatic carboxylic acids is 1. The monoisotopic (exact) mass is 396 g/mol. The van der Waals surface area contributed by atoms with Gasteiger partial charge in [0.05, 0.1) is 16.6 Å². The molecule has 1 aromatic carbocycles. The third-order valence-corrected chi connectivity index (χ3v) is 5.64. The van der Waals surface area contributed by atoms with Gasteiger partial charge in [0.25, 0.3) is 0 Å². The van der Waals surface area contributed by atoms with E-state index in [0.717, 1.165) is 4.47 Å². The van der Waals surface area contributed by atoms with Crippen molar-refractivity contribution in [3.63, 3.8) is 0 Å². The number of nitrogens with one attached hydrogen (secondary N) is 1. The zero-order valence-corrected chi connectivity index (χ0v) is 14.1. The first-order chi connectivity index (χ1) is 9.79. The molecule has 1 heterocycles. The summed E-state index contributed by atoms with van der Waals surface area (Å²) in [5, 5.41) is 9.20. The van der Waals surface area contributed by atoms with Crippen molar-refractivity contribution >= 4 is 49.4 Å². The maximum Gasteiger partial charge on any atom is 0.306 e. The van der Waals surface area contributed by atoms with Crippen molar-refractivity contribution in [3.8, 4) is 0 Å². The van der Waals surface area contributed by atoms with Crippen molar-refractivity contribution in [2.24, 2.45) is 5.92 Å². The molecule has 0 spiro atoms. The summed E-state index contributed by atoms with van der Waals surface area (Å²) in [7, 11) is -3.73. The number of anilines is 1. The Balaban J connectivity index is 2.07. The highest BCUT2D eigenvalue weighted by Gasteiger charge is 2.31. The van der Waals surface area contributed by atoms with E-state index < -0.39 is 22.1 Å². The summed E-state index contributed by atoms with van der Waals surface area (Å²) in [6, 6.07) is 4.84. The molecular weight excluding hydrogens is 384 g/mol. The lowest BCUT2D eigenvalue weighted by molar-refractivity contribution is -0.142. The van der Waals surface area contributed by atoms with Crippen LogP contribution < -0.4 is 4.72 Å². The Labute approximate surface area is 136 Å². The van der Waals surface area contributed by atoms with E-state index in [0.29, 0.717) is 18.5 Å². The molecule has 0 saturated carbocycles. The number of carboxylic acids is 1. The third-order valence-electron chi connectivity index (χ3n) is 3.31. The molecule has 21 heavy (non-hydrogen) atoms. The molecule has 0 amide bonds. The average Bonchev–Trinajstić information content (AvgIpc) is 2.42. The zero-order chi connectivity index (χ0) is 15.6. The number of rotatable bonds is 4. The van der Waals surface area contributed by atoms with Gasteiger partial charge < -0.3 is 5.11 Å². The number of carboxylic acid groups (broad SMARTS) is 1. The summed E-state index contributed by atoms with van der Waals surface area (Å²) in [6.45, 7) is 0.362. The molecule has 1 aromatic rings. The standard InChI is InChI=1S/C12H14BrClN2O4S/c13-9-1-2-11(10(14)7-9)15-21(19,20)16-5-3-8(4-6-16)12(17)18/h1-2,7-8,15H,3-6H2,(H,17,18). The van der Waals surface area contributed by atoms with Gasteiger partial charge in [-0.05, 0) is 31.0 Å². The molecule has 1 fully saturated rings. The number of hydrogen-bond donors (Lipinski definition) is 2. The highest BCUT2D eigenvalue weighted by atomic mass is 79.9. The van der Waals surface area contributed by atoms with Crippen molar-refractivity contribution in [2.45, 2.75) is 12.8 Å². The van der Waals surface area contributed by atoms with E-state index in [1.165, 1.54) is 4.31 Å². The molecule has 9 heteroatoms. The predicted octanol–water partition coefficient (Wildman–Crippen LogP) is 2.56. The lowest BCUT2D eigenvalue weighted by Gasteiger charge is -2.29. The fourth-order valence-electron chi connectivity index (χ4n) is 2.12. The molecule has 0 unspecified atom stereocenters. The third kappa shape index (κ3) is 4.09. The summed E-state index contributed by atoms with van der Waals surface area (Å²) in [6.07, 6.45) is 0.620. The fraction of sp³-hybridized carbons (Fsp3) is 0.417. The molecule has 1 saturated heterocycles. The van der Waals surface area contributed by atoms with E-state index in [9.17, 15) is 13.2 Å². The fourth-order valence-corrected chi connectivity index (χ4v) is 4.17. The first kappa shape index (κ1) is 16.5. The maximum atomic E-state index is 12.3. The van der Waals surface area contributed by atoms with Crippen molar-refractivity contribution in [2.75, 3.05) is 17.8 Å². The molecule has 2 rings (SSSR count). The normalized spacial score (nSPS) is 17.6. The van der Waals surface area contributed by atoms with E-state index in [-0.39, 0.29) is 18.1 Å². The second kappa shape index (κ2) is 6.51. The molecule has 1 aliphatic rings. The first-order valence-electron chi connectivity index (χ1n) is 6.25. The minimum Gasteiger partial charge on any atom is -0.481 e. The van der Waals surface area contributed by atoms with E-state index >= 15 is 0 Å². The van der Waals surface area contributed by atoms with E-state index in [2.05, 4.69) is 20.7 Å². The van der Waals surface area contributed by atoms with Gasteiger partial charge in [0.1, 0.15) is 0 Å². The summed E-state index contributed by atoms with van der Waals surface area (Å²) in [5.41, 5.74) is 0.292. The SMILES string of the molecule is O=C(O)C1CCN(S(=O)(=O)Nc2ccc(Br)cc2Cl)CC1. The van der Waals surface area contributed by atoms with Crippen LogP contribution in [0.5, 0.6) is 0 Å². The van der Waals surface area contributed by atoms with Crippen LogP contribution in [0.2, 0.25) is 5.02 Å². The van der Waals surface area contributed by atoms with Gasteiger partial charge in [0.15, 0.2) is 0 Å². The molecule has 6 nitrogen and oxygen atoms in total. The van der Waals surface area contributed by atoms with Crippen molar-refractivity contribution in [3.05, 3.63) is 27.7 Å². The quantitative estimate of drug-likeness (QED) is 0.817. The van der Waals surface area contributed by atoms with Gasteiger partial charge in [-0.1, -0.05) is 27.5 Å². The van der Waals surface area contributed by atoms with Crippen LogP contribution in [0.1, 0.15) is 12.8 Å². The highest BCUT2D eigenvalue weighted by molar-refractivity contribution is 9.10. The second-order valence-electron chi connectivity index (χ2n) is 4.74. The number of nitrogens with zero attached hydrogens (tertiary/aromatic N) is 1. The highest BCUT2D eigenvalue weighted by Crippen LogP contribution is 2.28. The van der Waals surface area contributed by atoms with Gasteiger partial charge in [-0.25, -0.2) is 0 Å². The molecule has 1 aliphatic heterocycles. The Morgan fingerprint density at radius 2 is 2.00 bits per heavy atom. The summed E-state index contributed by atoms with van der Waals surface area (Å²) < 4.78 is 28.9. The molecular formula is C12H14BrClN2O4S. The predicted molar refractivity (Wildman–Crippen MR) is 83.6 cm³/mol. The van der Waals surface area contributed by atoms with Gasteiger partial charge in [-0.15, -0.1) is 0 Å². The van der Waals surface area contributed by atoms with Gasteiger partial charge in [0.2, 0.25) is 0 Å². The van der Waals surface area contributed by atoms with Crippen LogP contribution in [-0.2, 0) is 15.0 Å². The van der Waals surface area contributed by atoms with Crippen molar-refractivity contribution in [1.82, 2.24) is 4.31 Å². The molecule has 0 bridgehead atoms. The van der Waals surface area contributed by atoms with Crippen molar-refractivity contribution < 1.29 is 18.3 Å². The summed E-state index contributed by atoms with van der Waals surface area (Å²) in [4.78, 5) is 10.9. The van der Waals surface area contributed by atoms with Crippen LogP contribution in [0.15, 0.2) is 22.7 Å². The van der Waals surface area contributed by atoms with Crippen LogP contribution in [0, 0.1) is 5.92 Å². The number of piperidine rings is 1. The Bertz CT molecular complexity index is 645. The van der Waals surface area contributed by atoms with E-state index in [4.69, 9.17) is 16.7 Å². The Morgan fingerprint density at radius 3 is 2.52 bits per heavy atom. The number of carbonyl (C=O) groups is 1. The Morgan fingerprint density at radius 1 is 1.38 bits per heavy atom. The van der Waals surface area contributed by atoms with Crippen LogP contribution in [0.25, 0.3) is 0 Å². The van der Waals surface area contributed by atoms with Gasteiger partial charge in [-0.3, -0.25) is 9.52 Å². The Hall–Kier alpha value is -0.830. The van der Waals surface area contributed by atoms with Crippen molar-refractivity contribution in [1.29, 1.82) is 0 Å². The van der Waals surface area contributed by atoms with Gasteiger partial charge in [-0.2, -0.15) is 12.7 Å². The summed E-state index contributed by atoms with van der Waals surface area (Å²) in [5.74, 6) is -1.36. The smallest absolute Gasteiger partial charge is 0.306 e. The van der Waals surface area contributed by atoms with Gasteiger partial charge >= 0.3 is 16.2 Å². The first-order valence-corrected chi connectivity index (χ1v) is 8.86. The van der Waals surface area contributed by atoms with Crippen LogP contribution in [0.3, 0.4) is 0 Å². The average molecular weight is 398 g/mol. The molecule has 116 valence electrons. The maximum absolute atomic E-state index is 12.3. The lowest BCUT2D eigenvalue weighted by atomic mass is 9.99. The summed E-state index contributed by atoms with van der Waals surface area (Å²) >= 11 is 9.23. The number of hydrogen-bond acceptors (Lipinski definition) is 3. The van der Waals surface area contributed by atoms with E-state index in [1.54, 1.807) is 18.2 Å². The largest absolute Gasteiger partial charge is 0.481 e. The number of halogens is 2. The number of benzene rings is 1. The minimum atomic E-state index is -3.73. The lowest BCUT2D eigenvalue weighted by Crippen LogP contribution is -2.42. The molecule has 0 aliphatic carbocycles. The topological polar surface area (TPSA) is 86.7 Å². The van der Waals surface area contributed by atoms with Crippen LogP contribution in [-0.4, -0.2) is 36.9 Å². The second-order valence-corrected chi connectivity index (χ2v) is 7.74. The van der Waals surface area contributed by atoms with Crippen LogP contribution in [0.4, 0.5) is 5.69 Å². The Kier molecular flexibility index (Phi) is 5.13. The molecule has 0 atom stereocenters. The minimum absolute atomic E-state index is 0.181. The van der Waals surface area contributed by atoms with Gasteiger partial charge in [0, 0.05) is 17.6 Å². The molecule has 0 aromatic heterocycles. The van der Waals surface area contributed by atoms with E-state index in [1.807, 2.05) is 0 Å². The molecule has 2 N–H and O–H groups in total.